The largest absolute Gasteiger partial charge is 0.383 e. The zero-order valence-electron chi connectivity index (χ0n) is 11.5. The molecule has 108 valence electrons. The van der Waals surface area contributed by atoms with Crippen molar-refractivity contribution >= 4 is 22.9 Å². The van der Waals surface area contributed by atoms with Crippen LogP contribution in [0.25, 0.3) is 0 Å². The van der Waals surface area contributed by atoms with E-state index in [4.69, 9.17) is 16.3 Å². The van der Waals surface area contributed by atoms with Gasteiger partial charge in [-0.05, 0) is 17.7 Å². The van der Waals surface area contributed by atoms with Crippen LogP contribution < -0.4 is 5.32 Å². The van der Waals surface area contributed by atoms with Crippen molar-refractivity contribution in [3.05, 3.63) is 51.4 Å². The first-order chi connectivity index (χ1) is 9.79. The minimum absolute atomic E-state index is 0.398. The van der Waals surface area contributed by atoms with Gasteiger partial charge in [0.25, 0.3) is 0 Å². The highest BCUT2D eigenvalue weighted by molar-refractivity contribution is 7.09. The van der Waals surface area contributed by atoms with Crippen molar-refractivity contribution in [3.8, 4) is 0 Å². The van der Waals surface area contributed by atoms with Gasteiger partial charge in [-0.2, -0.15) is 0 Å². The molecule has 0 saturated carbocycles. The minimum atomic E-state index is 0.398. The molecule has 2 rings (SSSR count). The number of hydrogen-bond acceptors (Lipinski definition) is 4. The van der Waals surface area contributed by atoms with E-state index in [0.717, 1.165) is 31.1 Å². The summed E-state index contributed by atoms with van der Waals surface area (Å²) >= 11 is 7.67. The summed E-state index contributed by atoms with van der Waals surface area (Å²) in [6.45, 7) is 2.49. The molecule has 0 amide bonds. The average Bonchev–Trinajstić information content (AvgIpc) is 2.96. The smallest absolute Gasteiger partial charge is 0.0931 e. The van der Waals surface area contributed by atoms with Crippen LogP contribution in [-0.4, -0.2) is 31.8 Å². The molecule has 1 unspecified atom stereocenters. The number of hydrogen-bond donors (Lipinski definition) is 1. The van der Waals surface area contributed by atoms with Crippen LogP contribution in [0.4, 0.5) is 0 Å². The molecule has 3 nitrogen and oxygen atoms in total. The Hall–Kier alpha value is -0.940. The molecule has 1 heterocycles. The van der Waals surface area contributed by atoms with Crippen LogP contribution in [0, 0.1) is 0 Å². The van der Waals surface area contributed by atoms with Gasteiger partial charge in [-0.1, -0.05) is 23.7 Å². The van der Waals surface area contributed by atoms with E-state index in [2.05, 4.69) is 22.4 Å². The van der Waals surface area contributed by atoms with Crippen molar-refractivity contribution in [1.29, 1.82) is 0 Å². The van der Waals surface area contributed by atoms with E-state index in [0.29, 0.717) is 5.92 Å². The third-order valence-corrected chi connectivity index (χ3v) is 4.17. The maximum absolute atomic E-state index is 5.96. The van der Waals surface area contributed by atoms with Gasteiger partial charge in [0, 0.05) is 49.1 Å². The highest BCUT2D eigenvalue weighted by atomic mass is 35.5. The molecule has 0 spiro atoms. The molecule has 0 fully saturated rings. The van der Waals surface area contributed by atoms with Crippen molar-refractivity contribution in [2.24, 2.45) is 0 Å². The number of thiazole rings is 1. The van der Waals surface area contributed by atoms with E-state index in [9.17, 15) is 0 Å². The molecule has 1 N–H and O–H groups in total. The monoisotopic (exact) mass is 310 g/mol. The summed E-state index contributed by atoms with van der Waals surface area (Å²) < 4.78 is 5.06. The van der Waals surface area contributed by atoms with Crippen LogP contribution in [0.1, 0.15) is 16.5 Å². The number of nitrogens with zero attached hydrogens (tertiary/aromatic N) is 1. The second-order valence-corrected chi connectivity index (χ2v) is 5.99. The van der Waals surface area contributed by atoms with Crippen molar-refractivity contribution in [2.75, 3.05) is 26.8 Å². The molecule has 0 aliphatic rings. The van der Waals surface area contributed by atoms with E-state index in [-0.39, 0.29) is 0 Å². The third kappa shape index (κ3) is 4.87. The lowest BCUT2D eigenvalue weighted by Crippen LogP contribution is -2.26. The fraction of sp³-hybridized carbons (Fsp3) is 0.400. The Kier molecular flexibility index (Phi) is 6.47. The van der Waals surface area contributed by atoms with Gasteiger partial charge in [-0.15, -0.1) is 11.3 Å². The fourth-order valence-corrected chi connectivity index (χ4v) is 2.88. The minimum Gasteiger partial charge on any atom is -0.383 e. The van der Waals surface area contributed by atoms with Crippen LogP contribution in [0.5, 0.6) is 0 Å². The molecule has 0 aliphatic heterocycles. The predicted octanol–water partition coefficient (Wildman–Crippen LogP) is 3.36. The molecular formula is C15H19ClN2OS. The Morgan fingerprint density at radius 1 is 1.35 bits per heavy atom. The van der Waals surface area contributed by atoms with E-state index < -0.39 is 0 Å². The Morgan fingerprint density at radius 3 is 2.80 bits per heavy atom. The SMILES string of the molecule is COCCNCC(Cc1nccs1)c1ccc(Cl)cc1. The van der Waals surface area contributed by atoms with Gasteiger partial charge in [-0.25, -0.2) is 4.98 Å². The van der Waals surface area contributed by atoms with E-state index in [1.165, 1.54) is 10.6 Å². The highest BCUT2D eigenvalue weighted by Gasteiger charge is 2.13. The predicted molar refractivity (Wildman–Crippen MR) is 84.8 cm³/mol. The van der Waals surface area contributed by atoms with Crippen LogP contribution >= 0.6 is 22.9 Å². The molecular weight excluding hydrogens is 292 g/mol. The third-order valence-electron chi connectivity index (χ3n) is 3.12. The summed E-state index contributed by atoms with van der Waals surface area (Å²) in [6, 6.07) is 8.08. The first kappa shape index (κ1) is 15.4. The highest BCUT2D eigenvalue weighted by Crippen LogP contribution is 2.23. The van der Waals surface area contributed by atoms with Gasteiger partial charge >= 0.3 is 0 Å². The Balaban J connectivity index is 2.00. The maximum atomic E-state index is 5.96. The van der Waals surface area contributed by atoms with Crippen molar-refractivity contribution in [1.82, 2.24) is 10.3 Å². The number of rotatable bonds is 8. The van der Waals surface area contributed by atoms with Crippen LogP contribution in [-0.2, 0) is 11.2 Å². The molecule has 0 radical (unpaired) electrons. The topological polar surface area (TPSA) is 34.1 Å². The quantitative estimate of drug-likeness (QED) is 0.759. The van der Waals surface area contributed by atoms with Crippen molar-refractivity contribution in [2.45, 2.75) is 12.3 Å². The average molecular weight is 311 g/mol. The molecule has 0 bridgehead atoms. The molecule has 0 saturated heterocycles. The molecule has 2 aromatic rings. The van der Waals surface area contributed by atoms with E-state index in [1.54, 1.807) is 18.4 Å². The Morgan fingerprint density at radius 2 is 2.15 bits per heavy atom. The van der Waals surface area contributed by atoms with E-state index >= 15 is 0 Å². The molecule has 1 aromatic heterocycles. The lowest BCUT2D eigenvalue weighted by atomic mass is 9.96. The molecule has 20 heavy (non-hydrogen) atoms. The number of aromatic nitrogens is 1. The Bertz CT molecular complexity index is 487. The first-order valence-electron chi connectivity index (χ1n) is 6.63. The number of ether oxygens (including phenoxy) is 1. The molecule has 1 aromatic carbocycles. The summed E-state index contributed by atoms with van der Waals surface area (Å²) in [5.74, 6) is 0.398. The second kappa shape index (κ2) is 8.37. The van der Waals surface area contributed by atoms with Crippen molar-refractivity contribution in [3.63, 3.8) is 0 Å². The summed E-state index contributed by atoms with van der Waals surface area (Å²) in [5, 5.41) is 7.39. The summed E-state index contributed by atoms with van der Waals surface area (Å²) in [6.07, 6.45) is 2.80. The zero-order valence-corrected chi connectivity index (χ0v) is 13.1. The van der Waals surface area contributed by atoms with Gasteiger partial charge in [0.05, 0.1) is 11.6 Å². The van der Waals surface area contributed by atoms with Gasteiger partial charge in [0.15, 0.2) is 0 Å². The Labute approximate surface area is 129 Å². The van der Waals surface area contributed by atoms with Crippen LogP contribution in [0.15, 0.2) is 35.8 Å². The van der Waals surface area contributed by atoms with E-state index in [1.807, 2.05) is 23.7 Å². The van der Waals surface area contributed by atoms with Crippen LogP contribution in [0.2, 0.25) is 5.02 Å². The summed E-state index contributed by atoms with van der Waals surface area (Å²) in [5.41, 5.74) is 1.29. The lowest BCUT2D eigenvalue weighted by molar-refractivity contribution is 0.199. The summed E-state index contributed by atoms with van der Waals surface area (Å²) in [7, 11) is 1.72. The number of benzene rings is 1. The standard InChI is InChI=1S/C15H19ClN2OS/c1-19-8-6-17-11-13(10-15-18-7-9-20-15)12-2-4-14(16)5-3-12/h2-5,7,9,13,17H,6,8,10-11H2,1H3. The number of halogens is 1. The lowest BCUT2D eigenvalue weighted by Gasteiger charge is -2.17. The van der Waals surface area contributed by atoms with Gasteiger partial charge in [0.1, 0.15) is 0 Å². The number of methoxy groups -OCH3 is 1. The fourth-order valence-electron chi connectivity index (χ4n) is 2.06. The molecule has 5 heteroatoms. The van der Waals surface area contributed by atoms with Gasteiger partial charge in [-0.3, -0.25) is 0 Å². The number of nitrogens with one attached hydrogen (secondary N) is 1. The second-order valence-electron chi connectivity index (χ2n) is 4.58. The molecule has 1 atom stereocenters. The van der Waals surface area contributed by atoms with Gasteiger partial charge in [0.2, 0.25) is 0 Å². The maximum Gasteiger partial charge on any atom is 0.0931 e. The molecule has 0 aliphatic carbocycles. The van der Waals surface area contributed by atoms with Crippen molar-refractivity contribution < 1.29 is 4.74 Å². The normalized spacial score (nSPS) is 12.5. The first-order valence-corrected chi connectivity index (χ1v) is 7.89. The zero-order chi connectivity index (χ0) is 14.2. The van der Waals surface area contributed by atoms with Gasteiger partial charge < -0.3 is 10.1 Å². The van der Waals surface area contributed by atoms with Crippen LogP contribution in [0.3, 0.4) is 0 Å². The summed E-state index contributed by atoms with van der Waals surface area (Å²) in [4.78, 5) is 4.38.